The number of carbonyl (C=O) groups excluding carboxylic acids is 1. The fraction of sp³-hybridized carbons (Fsp3) is 0.455. The average Bonchev–Trinajstić information content (AvgIpc) is 2.26. The number of ether oxygens (including phenoxy) is 1. The van der Waals surface area contributed by atoms with Crippen LogP contribution in [0.1, 0.15) is 13.8 Å². The summed E-state index contributed by atoms with van der Waals surface area (Å²) < 4.78 is 5.45. The molecule has 1 unspecified atom stereocenters. The van der Waals surface area contributed by atoms with Crippen LogP contribution in [0.15, 0.2) is 16.7 Å². The number of esters is 1. The molecule has 0 spiro atoms. The maximum Gasteiger partial charge on any atom is 0.328 e. The zero-order valence-corrected chi connectivity index (χ0v) is 12.2. The number of nitrogens with zero attached hydrogens (tertiary/aromatic N) is 1. The number of aromatic nitrogens is 1. The van der Waals surface area contributed by atoms with Gasteiger partial charge in [-0.25, -0.2) is 9.78 Å². The molecule has 1 atom stereocenters. The molecule has 0 aliphatic heterocycles. The minimum Gasteiger partial charge on any atom is -0.467 e. The molecule has 1 heterocycles. The fourth-order valence-electron chi connectivity index (χ4n) is 1.29. The van der Waals surface area contributed by atoms with Crippen LogP contribution in [-0.2, 0) is 9.53 Å². The van der Waals surface area contributed by atoms with Crippen molar-refractivity contribution in [3.8, 4) is 0 Å². The molecule has 17 heavy (non-hydrogen) atoms. The van der Waals surface area contributed by atoms with Crippen LogP contribution in [0.5, 0.6) is 0 Å². The summed E-state index contributed by atoms with van der Waals surface area (Å²) in [6, 6.07) is 1.27. The van der Waals surface area contributed by atoms with Crippen molar-refractivity contribution in [1.29, 1.82) is 0 Å². The number of nitrogens with one attached hydrogen (secondary N) is 1. The SMILES string of the molecule is COC(=O)C(Nc1ncc(Cl)cc1Br)C(C)C. The lowest BCUT2D eigenvalue weighted by molar-refractivity contribution is -0.142. The van der Waals surface area contributed by atoms with Crippen molar-refractivity contribution in [2.75, 3.05) is 12.4 Å². The molecule has 0 aliphatic rings. The molecule has 0 saturated heterocycles. The Balaban J connectivity index is 2.90. The Morgan fingerprint density at radius 3 is 2.71 bits per heavy atom. The van der Waals surface area contributed by atoms with Crippen LogP contribution in [0.25, 0.3) is 0 Å². The summed E-state index contributed by atoms with van der Waals surface area (Å²) in [5, 5.41) is 3.56. The Labute approximate surface area is 114 Å². The van der Waals surface area contributed by atoms with E-state index in [1.165, 1.54) is 13.3 Å². The van der Waals surface area contributed by atoms with E-state index in [4.69, 9.17) is 16.3 Å². The predicted octanol–water partition coefficient (Wildman–Crippen LogP) is 3.11. The molecular weight excluding hydrogens is 307 g/mol. The minimum absolute atomic E-state index is 0.0897. The lowest BCUT2D eigenvalue weighted by Crippen LogP contribution is -2.35. The quantitative estimate of drug-likeness (QED) is 0.866. The van der Waals surface area contributed by atoms with Crippen molar-refractivity contribution in [2.24, 2.45) is 5.92 Å². The lowest BCUT2D eigenvalue weighted by atomic mass is 10.0. The number of hydrogen-bond donors (Lipinski definition) is 1. The molecule has 0 saturated carbocycles. The van der Waals surface area contributed by atoms with E-state index in [1.54, 1.807) is 6.07 Å². The van der Waals surface area contributed by atoms with Gasteiger partial charge in [0.05, 0.1) is 16.6 Å². The summed E-state index contributed by atoms with van der Waals surface area (Å²) in [5.74, 6) is 0.342. The van der Waals surface area contributed by atoms with Crippen LogP contribution in [0, 0.1) is 5.92 Å². The predicted molar refractivity (Wildman–Crippen MR) is 71.2 cm³/mol. The molecule has 4 nitrogen and oxygen atoms in total. The molecule has 0 bridgehead atoms. The summed E-state index contributed by atoms with van der Waals surface area (Å²) in [7, 11) is 1.36. The maximum atomic E-state index is 11.6. The van der Waals surface area contributed by atoms with E-state index in [0.29, 0.717) is 15.3 Å². The van der Waals surface area contributed by atoms with Crippen molar-refractivity contribution < 1.29 is 9.53 Å². The molecule has 1 aromatic heterocycles. The van der Waals surface area contributed by atoms with Gasteiger partial charge in [-0.05, 0) is 27.9 Å². The topological polar surface area (TPSA) is 51.2 Å². The summed E-state index contributed by atoms with van der Waals surface area (Å²) in [5.41, 5.74) is 0. The molecule has 6 heteroatoms. The molecule has 1 N–H and O–H groups in total. The summed E-state index contributed by atoms with van der Waals surface area (Å²) in [6.07, 6.45) is 1.52. The molecule has 1 aromatic rings. The first-order valence-corrected chi connectivity index (χ1v) is 6.28. The second-order valence-electron chi connectivity index (χ2n) is 3.87. The number of methoxy groups -OCH3 is 1. The van der Waals surface area contributed by atoms with Crippen LogP contribution in [0.4, 0.5) is 5.82 Å². The van der Waals surface area contributed by atoms with Crippen molar-refractivity contribution in [2.45, 2.75) is 19.9 Å². The van der Waals surface area contributed by atoms with Gasteiger partial charge in [0.15, 0.2) is 0 Å². The van der Waals surface area contributed by atoms with Gasteiger partial charge in [0.25, 0.3) is 0 Å². The first-order chi connectivity index (χ1) is 7.95. The van der Waals surface area contributed by atoms with E-state index in [1.807, 2.05) is 13.8 Å². The van der Waals surface area contributed by atoms with E-state index in [9.17, 15) is 4.79 Å². The summed E-state index contributed by atoms with van der Waals surface area (Å²) >= 11 is 9.13. The Hall–Kier alpha value is -0.810. The standard InChI is InChI=1S/C11H14BrClN2O2/c1-6(2)9(11(16)17-3)15-10-8(12)4-7(13)5-14-10/h4-6,9H,1-3H3,(H,14,15). The first-order valence-electron chi connectivity index (χ1n) is 5.11. The Morgan fingerprint density at radius 2 is 2.24 bits per heavy atom. The molecule has 0 fully saturated rings. The Morgan fingerprint density at radius 1 is 1.59 bits per heavy atom. The highest BCUT2D eigenvalue weighted by molar-refractivity contribution is 9.10. The zero-order valence-electron chi connectivity index (χ0n) is 9.83. The van der Waals surface area contributed by atoms with Gasteiger partial charge in [0.2, 0.25) is 0 Å². The second kappa shape index (κ2) is 6.21. The van der Waals surface area contributed by atoms with Gasteiger partial charge < -0.3 is 10.1 Å². The fourth-order valence-corrected chi connectivity index (χ4v) is 2.05. The minimum atomic E-state index is -0.440. The van der Waals surface area contributed by atoms with Crippen LogP contribution in [0.3, 0.4) is 0 Å². The van der Waals surface area contributed by atoms with E-state index in [0.717, 1.165) is 0 Å². The van der Waals surface area contributed by atoms with Crippen LogP contribution >= 0.6 is 27.5 Å². The van der Waals surface area contributed by atoms with E-state index >= 15 is 0 Å². The van der Waals surface area contributed by atoms with Gasteiger partial charge in [-0.3, -0.25) is 0 Å². The Kier molecular flexibility index (Phi) is 5.21. The van der Waals surface area contributed by atoms with Crippen molar-refractivity contribution >= 4 is 39.3 Å². The molecule has 0 aromatic carbocycles. The van der Waals surface area contributed by atoms with Gasteiger partial charge in [-0.1, -0.05) is 25.4 Å². The van der Waals surface area contributed by atoms with Gasteiger partial charge in [-0.2, -0.15) is 0 Å². The number of pyridine rings is 1. The maximum absolute atomic E-state index is 11.6. The number of halogens is 2. The highest BCUT2D eigenvalue weighted by atomic mass is 79.9. The number of hydrogen-bond acceptors (Lipinski definition) is 4. The van der Waals surface area contributed by atoms with E-state index in [2.05, 4.69) is 26.2 Å². The van der Waals surface area contributed by atoms with Crippen LogP contribution in [0.2, 0.25) is 5.02 Å². The summed E-state index contributed by atoms with van der Waals surface area (Å²) in [6.45, 7) is 3.86. The molecule has 0 amide bonds. The van der Waals surface area contributed by atoms with E-state index < -0.39 is 6.04 Å². The highest BCUT2D eigenvalue weighted by Gasteiger charge is 2.23. The number of rotatable bonds is 4. The van der Waals surface area contributed by atoms with Gasteiger partial charge in [-0.15, -0.1) is 0 Å². The molecule has 94 valence electrons. The first kappa shape index (κ1) is 14.3. The smallest absolute Gasteiger partial charge is 0.328 e. The van der Waals surface area contributed by atoms with Crippen molar-refractivity contribution in [3.05, 3.63) is 21.8 Å². The molecule has 0 radical (unpaired) electrons. The zero-order chi connectivity index (χ0) is 13.0. The second-order valence-corrected chi connectivity index (χ2v) is 5.16. The number of carbonyl (C=O) groups is 1. The van der Waals surface area contributed by atoms with Crippen LogP contribution in [-0.4, -0.2) is 24.1 Å². The Bertz CT molecular complexity index is 412. The average molecular weight is 322 g/mol. The van der Waals surface area contributed by atoms with Crippen LogP contribution < -0.4 is 5.32 Å². The monoisotopic (exact) mass is 320 g/mol. The van der Waals surface area contributed by atoms with Crippen molar-refractivity contribution in [3.63, 3.8) is 0 Å². The largest absolute Gasteiger partial charge is 0.467 e. The lowest BCUT2D eigenvalue weighted by Gasteiger charge is -2.20. The molecular formula is C11H14BrClN2O2. The van der Waals surface area contributed by atoms with Gasteiger partial charge in [0.1, 0.15) is 11.9 Å². The third-order valence-electron chi connectivity index (χ3n) is 2.22. The molecule has 0 aliphatic carbocycles. The molecule has 1 rings (SSSR count). The number of anilines is 1. The third-order valence-corrected chi connectivity index (χ3v) is 3.03. The van der Waals surface area contributed by atoms with E-state index in [-0.39, 0.29) is 11.9 Å². The third kappa shape index (κ3) is 3.85. The van der Waals surface area contributed by atoms with Gasteiger partial charge >= 0.3 is 5.97 Å². The van der Waals surface area contributed by atoms with Gasteiger partial charge in [0, 0.05) is 6.20 Å². The normalized spacial score (nSPS) is 12.4. The highest BCUT2D eigenvalue weighted by Crippen LogP contribution is 2.24. The summed E-state index contributed by atoms with van der Waals surface area (Å²) in [4.78, 5) is 15.7. The van der Waals surface area contributed by atoms with Crippen molar-refractivity contribution in [1.82, 2.24) is 4.98 Å².